The SMILES string of the molecule is CC1(C)c2ccccc2-c2c(-[n+]3c(Nc4ccccc4-c4ccccc4)nc(-n4c5ccccc5c5cc(-c6ccc7c(c6)c6ccccc6n7-c6ccccc6)ccc54)c4ccccc43)cccc21. The molecule has 0 atom stereocenters. The average molecular weight is 897 g/mol. The van der Waals surface area contributed by atoms with Gasteiger partial charge in [-0.15, -0.1) is 0 Å². The molecule has 0 radical (unpaired) electrons. The minimum absolute atomic E-state index is 0.173. The number of nitrogens with one attached hydrogen (secondary N) is 1. The molecule has 330 valence electrons. The lowest BCUT2D eigenvalue weighted by atomic mass is 9.82. The second-order valence-corrected chi connectivity index (χ2v) is 19.0. The Morgan fingerprint density at radius 2 is 0.957 bits per heavy atom. The first kappa shape index (κ1) is 40.0. The van der Waals surface area contributed by atoms with Crippen molar-refractivity contribution >= 4 is 66.2 Å². The van der Waals surface area contributed by atoms with Gasteiger partial charge in [0.25, 0.3) is 0 Å². The van der Waals surface area contributed by atoms with Crippen LogP contribution in [-0.2, 0) is 5.41 Å². The van der Waals surface area contributed by atoms with Crippen molar-refractivity contribution in [2.24, 2.45) is 0 Å². The molecule has 5 nitrogen and oxygen atoms in total. The second-order valence-electron chi connectivity index (χ2n) is 19.0. The van der Waals surface area contributed by atoms with Gasteiger partial charge >= 0.3 is 5.95 Å². The number of anilines is 2. The number of fused-ring (bicyclic) bond motifs is 10. The lowest BCUT2D eigenvalue weighted by Crippen LogP contribution is -2.37. The number of rotatable bonds is 7. The molecule has 0 amide bonds. The van der Waals surface area contributed by atoms with Crippen LogP contribution in [0.1, 0.15) is 25.0 Å². The van der Waals surface area contributed by atoms with Crippen molar-refractivity contribution in [1.82, 2.24) is 14.1 Å². The quantitative estimate of drug-likeness (QED) is 0.162. The fourth-order valence-electron chi connectivity index (χ4n) is 11.6. The molecule has 14 rings (SSSR count). The van der Waals surface area contributed by atoms with Crippen molar-refractivity contribution in [3.05, 3.63) is 248 Å². The van der Waals surface area contributed by atoms with E-state index in [4.69, 9.17) is 4.98 Å². The summed E-state index contributed by atoms with van der Waals surface area (Å²) in [5, 5.41) is 9.83. The molecule has 0 saturated carbocycles. The topological polar surface area (TPSA) is 38.7 Å². The Kier molecular flexibility index (Phi) is 8.86. The van der Waals surface area contributed by atoms with E-state index < -0.39 is 0 Å². The van der Waals surface area contributed by atoms with Gasteiger partial charge in [-0.25, -0.2) is 5.32 Å². The van der Waals surface area contributed by atoms with Crippen molar-refractivity contribution < 1.29 is 4.57 Å². The Labute approximate surface area is 405 Å². The normalized spacial score (nSPS) is 12.8. The largest absolute Gasteiger partial charge is 0.404 e. The fourth-order valence-corrected chi connectivity index (χ4v) is 11.6. The van der Waals surface area contributed by atoms with Crippen LogP contribution in [0.15, 0.2) is 237 Å². The molecule has 3 heterocycles. The van der Waals surface area contributed by atoms with Crippen LogP contribution in [0.3, 0.4) is 0 Å². The summed E-state index contributed by atoms with van der Waals surface area (Å²) in [4.78, 5) is 5.85. The van der Waals surface area contributed by atoms with E-state index in [1.54, 1.807) is 0 Å². The highest BCUT2D eigenvalue weighted by atomic mass is 15.2. The van der Waals surface area contributed by atoms with E-state index in [-0.39, 0.29) is 5.41 Å². The van der Waals surface area contributed by atoms with Gasteiger partial charge in [-0.1, -0.05) is 183 Å². The Bertz CT molecular complexity index is 4240. The first-order valence-corrected chi connectivity index (χ1v) is 24.1. The monoisotopic (exact) mass is 896 g/mol. The first-order chi connectivity index (χ1) is 34.5. The molecule has 3 aromatic heterocycles. The minimum Gasteiger partial charge on any atom is -0.309 e. The summed E-state index contributed by atoms with van der Waals surface area (Å²) in [6, 6.07) is 85.7. The van der Waals surface area contributed by atoms with Gasteiger partial charge in [0.1, 0.15) is 16.9 Å². The van der Waals surface area contributed by atoms with Gasteiger partial charge in [0.05, 0.1) is 27.5 Å². The van der Waals surface area contributed by atoms with E-state index >= 15 is 0 Å². The van der Waals surface area contributed by atoms with Gasteiger partial charge in [-0.2, -0.15) is 4.57 Å². The Morgan fingerprint density at radius 1 is 0.414 bits per heavy atom. The number of hydrogen-bond donors (Lipinski definition) is 1. The van der Waals surface area contributed by atoms with Gasteiger partial charge in [0, 0.05) is 43.8 Å². The molecule has 1 aliphatic rings. The highest BCUT2D eigenvalue weighted by Gasteiger charge is 2.39. The molecule has 5 heteroatoms. The third-order valence-electron chi connectivity index (χ3n) is 14.8. The van der Waals surface area contributed by atoms with Gasteiger partial charge < -0.3 is 4.57 Å². The average Bonchev–Trinajstić information content (AvgIpc) is 4.01. The van der Waals surface area contributed by atoms with Crippen LogP contribution in [0.5, 0.6) is 0 Å². The highest BCUT2D eigenvalue weighted by Crippen LogP contribution is 2.50. The maximum Gasteiger partial charge on any atom is 0.404 e. The minimum atomic E-state index is -0.173. The molecule has 0 saturated heterocycles. The van der Waals surface area contributed by atoms with Crippen molar-refractivity contribution in [3.8, 4) is 50.6 Å². The van der Waals surface area contributed by atoms with Gasteiger partial charge in [0.15, 0.2) is 0 Å². The Hall–Kier alpha value is -9.06. The third kappa shape index (κ3) is 5.98. The molecule has 0 unspecified atom stereocenters. The molecule has 13 aromatic rings. The molecule has 0 fully saturated rings. The van der Waals surface area contributed by atoms with E-state index in [0.717, 1.165) is 61.9 Å². The van der Waals surface area contributed by atoms with Crippen LogP contribution >= 0.6 is 0 Å². The molecule has 0 aliphatic heterocycles. The van der Waals surface area contributed by atoms with E-state index in [0.29, 0.717) is 0 Å². The van der Waals surface area contributed by atoms with Crippen LogP contribution in [0.2, 0.25) is 0 Å². The van der Waals surface area contributed by atoms with Crippen LogP contribution in [0.25, 0.3) is 105 Å². The standard InChI is InChI=1S/C65H45N5/c1-65(2)53-29-14-9-27-49(53)62-54(65)30-19-35-61(62)70-58-34-18-13-28-50(58)63(67-64(70)66-55-31-15-10-24-46(55)42-20-5-3-6-21-42)69-57-33-17-12-26-48(57)52-41-44(37-39-60(52)69)43-36-38-59-51(40-43)47-25-11-16-32-56(47)68(59)45-22-7-4-8-23-45/h3-41H,1-2H3/p+1. The van der Waals surface area contributed by atoms with Gasteiger partial charge in [-0.05, 0) is 106 Å². The second kappa shape index (κ2) is 15.5. The van der Waals surface area contributed by atoms with Crippen molar-refractivity contribution in [1.29, 1.82) is 0 Å². The molecule has 0 spiro atoms. The van der Waals surface area contributed by atoms with E-state index in [1.807, 2.05) is 0 Å². The predicted molar refractivity (Wildman–Crippen MR) is 290 cm³/mol. The van der Waals surface area contributed by atoms with Crippen LogP contribution in [0.4, 0.5) is 11.6 Å². The zero-order chi connectivity index (χ0) is 46.5. The lowest BCUT2D eigenvalue weighted by molar-refractivity contribution is -0.553. The number of hydrogen-bond acceptors (Lipinski definition) is 2. The lowest BCUT2D eigenvalue weighted by Gasteiger charge is -2.21. The summed E-state index contributed by atoms with van der Waals surface area (Å²) in [6.07, 6.45) is 0. The van der Waals surface area contributed by atoms with Crippen LogP contribution in [-0.4, -0.2) is 14.1 Å². The molecule has 70 heavy (non-hydrogen) atoms. The molecular formula is C65H46N5+. The molecule has 10 aromatic carbocycles. The molecular weight excluding hydrogens is 851 g/mol. The highest BCUT2D eigenvalue weighted by molar-refractivity contribution is 6.13. The summed E-state index contributed by atoms with van der Waals surface area (Å²) >= 11 is 0. The summed E-state index contributed by atoms with van der Waals surface area (Å²) < 4.78 is 7.11. The van der Waals surface area contributed by atoms with Gasteiger partial charge in [-0.3, -0.25) is 4.57 Å². The summed E-state index contributed by atoms with van der Waals surface area (Å²) in [5.41, 5.74) is 18.4. The van der Waals surface area contributed by atoms with Crippen LogP contribution in [0, 0.1) is 0 Å². The van der Waals surface area contributed by atoms with E-state index in [1.165, 1.54) is 66.0 Å². The van der Waals surface area contributed by atoms with Crippen molar-refractivity contribution in [3.63, 3.8) is 0 Å². The van der Waals surface area contributed by atoms with Crippen molar-refractivity contribution in [2.45, 2.75) is 19.3 Å². The van der Waals surface area contributed by atoms with Crippen molar-refractivity contribution in [2.75, 3.05) is 5.32 Å². The Balaban J connectivity index is 1.01. The number of para-hydroxylation sites is 5. The first-order valence-electron chi connectivity index (χ1n) is 24.1. The predicted octanol–water partition coefficient (Wildman–Crippen LogP) is 16.1. The summed E-state index contributed by atoms with van der Waals surface area (Å²) in [7, 11) is 0. The maximum atomic E-state index is 5.85. The Morgan fingerprint density at radius 3 is 1.69 bits per heavy atom. The molecule has 1 aliphatic carbocycles. The zero-order valence-corrected chi connectivity index (χ0v) is 38.8. The van der Waals surface area contributed by atoms with Gasteiger partial charge in [0.2, 0.25) is 5.82 Å². The van der Waals surface area contributed by atoms with E-state index in [2.05, 4.69) is 269 Å². The summed E-state index contributed by atoms with van der Waals surface area (Å²) in [5.74, 6) is 1.58. The smallest absolute Gasteiger partial charge is 0.309 e. The number of aromatic nitrogens is 4. The maximum absolute atomic E-state index is 5.85. The zero-order valence-electron chi connectivity index (χ0n) is 38.8. The molecule has 0 bridgehead atoms. The van der Waals surface area contributed by atoms with E-state index in [9.17, 15) is 0 Å². The molecule has 1 N–H and O–H groups in total. The fraction of sp³-hybridized carbons (Fsp3) is 0.0462. The van der Waals surface area contributed by atoms with Crippen LogP contribution < -0.4 is 9.88 Å². The third-order valence-corrected chi connectivity index (χ3v) is 14.8. The summed E-state index contributed by atoms with van der Waals surface area (Å²) in [6.45, 7) is 4.69. The number of benzene rings is 10. The number of nitrogens with zero attached hydrogens (tertiary/aromatic N) is 4.